The molecule has 0 fully saturated rings. The maximum absolute atomic E-state index is 3.65. The summed E-state index contributed by atoms with van der Waals surface area (Å²) in [5.41, 5.74) is 0. The molecule has 0 saturated heterocycles. The van der Waals surface area contributed by atoms with Crippen LogP contribution < -0.4 is 0 Å². The maximum Gasteiger partial charge on any atom is 0.185 e. The van der Waals surface area contributed by atoms with Crippen molar-refractivity contribution in [3.63, 3.8) is 0 Å². The Morgan fingerprint density at radius 1 is 1.29 bits per heavy atom. The molecule has 0 aromatic rings. The largest absolute Gasteiger partial charge is 0.185 e. The molecule has 7 heavy (non-hydrogen) atoms. The lowest BCUT2D eigenvalue weighted by atomic mass is 10.4. The van der Waals surface area contributed by atoms with Gasteiger partial charge in [-0.15, -0.1) is 10.2 Å². The van der Waals surface area contributed by atoms with Crippen molar-refractivity contribution in [3.05, 3.63) is 0 Å². The third kappa shape index (κ3) is 0.792. The highest BCUT2D eigenvalue weighted by molar-refractivity contribution is 4.56. The summed E-state index contributed by atoms with van der Waals surface area (Å²) in [6, 6.07) is 0. The molecule has 4 nitrogen and oxygen atoms in total. The molecular formula is C3H6N4. The van der Waals surface area contributed by atoms with Gasteiger partial charge in [0, 0.05) is 0 Å². The maximum atomic E-state index is 3.65. The molecule has 0 amide bonds. The first-order chi connectivity index (χ1) is 3.43. The first-order valence-electron chi connectivity index (χ1n) is 2.23. The molecular weight excluding hydrogens is 92.1 g/mol. The van der Waals surface area contributed by atoms with Crippen molar-refractivity contribution in [2.75, 3.05) is 0 Å². The van der Waals surface area contributed by atoms with Crippen LogP contribution in [0.2, 0.25) is 0 Å². The predicted molar refractivity (Wildman–Crippen MR) is 23.8 cm³/mol. The molecule has 4 heteroatoms. The van der Waals surface area contributed by atoms with E-state index >= 15 is 0 Å². The summed E-state index contributed by atoms with van der Waals surface area (Å²) >= 11 is 0. The molecule has 0 bridgehead atoms. The third-order valence-corrected chi connectivity index (χ3v) is 0.775. The van der Waals surface area contributed by atoms with Crippen LogP contribution in [0.3, 0.4) is 0 Å². The SMILES string of the molecule is CCC1N=NN=N1. The monoisotopic (exact) mass is 98.1 g/mol. The molecule has 0 unspecified atom stereocenters. The molecule has 0 radical (unpaired) electrons. The first-order valence-corrected chi connectivity index (χ1v) is 2.23. The molecule has 0 aromatic carbocycles. The van der Waals surface area contributed by atoms with Crippen LogP contribution in [0.4, 0.5) is 0 Å². The van der Waals surface area contributed by atoms with Crippen LogP contribution in [0, 0.1) is 0 Å². The second-order valence-corrected chi connectivity index (χ2v) is 1.30. The molecule has 1 aliphatic rings. The summed E-state index contributed by atoms with van der Waals surface area (Å²) in [6.45, 7) is 1.99. The molecule has 38 valence electrons. The van der Waals surface area contributed by atoms with Crippen LogP contribution in [-0.2, 0) is 0 Å². The minimum Gasteiger partial charge on any atom is -0.138 e. The number of hydrogen-bond acceptors (Lipinski definition) is 4. The lowest BCUT2D eigenvalue weighted by Gasteiger charge is -1.87. The van der Waals surface area contributed by atoms with Crippen molar-refractivity contribution < 1.29 is 0 Å². The number of nitrogens with zero attached hydrogens (tertiary/aromatic N) is 4. The van der Waals surface area contributed by atoms with Gasteiger partial charge >= 0.3 is 0 Å². The summed E-state index contributed by atoms with van der Waals surface area (Å²) in [7, 11) is 0. The second-order valence-electron chi connectivity index (χ2n) is 1.30. The molecule has 0 aromatic heterocycles. The summed E-state index contributed by atoms with van der Waals surface area (Å²) in [5.74, 6) is 0. The van der Waals surface area contributed by atoms with Gasteiger partial charge in [-0.2, -0.15) is 0 Å². The fourth-order valence-corrected chi connectivity index (χ4v) is 0.352. The topological polar surface area (TPSA) is 49.4 Å². The Morgan fingerprint density at radius 3 is 2.14 bits per heavy atom. The van der Waals surface area contributed by atoms with E-state index in [0.29, 0.717) is 0 Å². The zero-order chi connectivity index (χ0) is 5.11. The second kappa shape index (κ2) is 1.77. The van der Waals surface area contributed by atoms with Crippen molar-refractivity contribution in [1.82, 2.24) is 0 Å². The molecule has 0 N–H and O–H groups in total. The van der Waals surface area contributed by atoms with Gasteiger partial charge < -0.3 is 0 Å². The Hall–Kier alpha value is -0.800. The lowest BCUT2D eigenvalue weighted by Crippen LogP contribution is -1.89. The van der Waals surface area contributed by atoms with Gasteiger partial charge in [-0.05, 0) is 16.9 Å². The van der Waals surface area contributed by atoms with Crippen LogP contribution in [-0.4, -0.2) is 6.17 Å². The summed E-state index contributed by atoms with van der Waals surface area (Å²) in [5, 5.41) is 13.9. The van der Waals surface area contributed by atoms with E-state index < -0.39 is 0 Å². The fourth-order valence-electron chi connectivity index (χ4n) is 0.352. The van der Waals surface area contributed by atoms with Crippen LogP contribution >= 0.6 is 0 Å². The number of rotatable bonds is 1. The van der Waals surface area contributed by atoms with Crippen molar-refractivity contribution in [1.29, 1.82) is 0 Å². The van der Waals surface area contributed by atoms with Crippen LogP contribution in [0.1, 0.15) is 13.3 Å². The van der Waals surface area contributed by atoms with E-state index in [1.165, 1.54) is 0 Å². The quantitative estimate of drug-likeness (QED) is 0.477. The average molecular weight is 98.1 g/mol. The average Bonchev–Trinajstić information content (AvgIpc) is 2.14. The van der Waals surface area contributed by atoms with Gasteiger partial charge in [0.15, 0.2) is 6.17 Å². The van der Waals surface area contributed by atoms with Crippen LogP contribution in [0.5, 0.6) is 0 Å². The van der Waals surface area contributed by atoms with Gasteiger partial charge in [-0.3, -0.25) is 0 Å². The normalized spacial score (nSPS) is 19.0. The zero-order valence-electron chi connectivity index (χ0n) is 4.07. The predicted octanol–water partition coefficient (Wildman–Crippen LogP) is 1.56. The highest BCUT2D eigenvalue weighted by atomic mass is 15.6. The Bertz CT molecular complexity index is 93.5. The molecule has 0 saturated carbocycles. The Morgan fingerprint density at radius 2 is 1.86 bits per heavy atom. The van der Waals surface area contributed by atoms with Gasteiger partial charge in [0.25, 0.3) is 0 Å². The van der Waals surface area contributed by atoms with E-state index in [1.807, 2.05) is 6.92 Å². The summed E-state index contributed by atoms with van der Waals surface area (Å²) in [6.07, 6.45) is 0.910. The Kier molecular flexibility index (Phi) is 1.10. The molecule has 1 heterocycles. The van der Waals surface area contributed by atoms with E-state index in [4.69, 9.17) is 0 Å². The highest BCUT2D eigenvalue weighted by Gasteiger charge is 2.02. The van der Waals surface area contributed by atoms with Gasteiger partial charge in [0.1, 0.15) is 0 Å². The molecule has 0 aliphatic carbocycles. The smallest absolute Gasteiger partial charge is 0.138 e. The fraction of sp³-hybridized carbons (Fsp3) is 1.00. The summed E-state index contributed by atoms with van der Waals surface area (Å²) in [4.78, 5) is 0. The van der Waals surface area contributed by atoms with E-state index in [9.17, 15) is 0 Å². The lowest BCUT2D eigenvalue weighted by molar-refractivity contribution is 0.677. The van der Waals surface area contributed by atoms with Crippen LogP contribution in [0.15, 0.2) is 20.7 Å². The van der Waals surface area contributed by atoms with Crippen molar-refractivity contribution >= 4 is 0 Å². The van der Waals surface area contributed by atoms with E-state index in [1.54, 1.807) is 0 Å². The molecule has 0 spiro atoms. The van der Waals surface area contributed by atoms with Crippen LogP contribution in [0.25, 0.3) is 0 Å². The van der Waals surface area contributed by atoms with E-state index in [2.05, 4.69) is 20.7 Å². The Labute approximate surface area is 41.3 Å². The van der Waals surface area contributed by atoms with Gasteiger partial charge in [0.05, 0.1) is 0 Å². The molecule has 1 aliphatic heterocycles. The molecule has 1 rings (SSSR count). The summed E-state index contributed by atoms with van der Waals surface area (Å²) < 4.78 is 0. The minimum atomic E-state index is 0.0139. The van der Waals surface area contributed by atoms with Gasteiger partial charge in [-0.25, -0.2) is 0 Å². The van der Waals surface area contributed by atoms with Crippen molar-refractivity contribution in [2.24, 2.45) is 20.7 Å². The van der Waals surface area contributed by atoms with Crippen molar-refractivity contribution in [2.45, 2.75) is 19.5 Å². The minimum absolute atomic E-state index is 0.0139. The van der Waals surface area contributed by atoms with Crippen molar-refractivity contribution in [3.8, 4) is 0 Å². The zero-order valence-corrected chi connectivity index (χ0v) is 4.07. The first kappa shape index (κ1) is 4.36. The van der Waals surface area contributed by atoms with E-state index in [0.717, 1.165) is 6.42 Å². The van der Waals surface area contributed by atoms with Gasteiger partial charge in [0.2, 0.25) is 0 Å². The standard InChI is InChI=1S/C3H6N4/c1-2-3-4-6-7-5-3/h3H,2H2,1H3. The third-order valence-electron chi connectivity index (χ3n) is 0.775. The van der Waals surface area contributed by atoms with E-state index in [-0.39, 0.29) is 6.17 Å². The van der Waals surface area contributed by atoms with Gasteiger partial charge in [-0.1, -0.05) is 6.92 Å². The highest BCUT2D eigenvalue weighted by Crippen LogP contribution is 2.06. The number of hydrogen-bond donors (Lipinski definition) is 0. The molecule has 0 atom stereocenters. The Balaban J connectivity index is 2.44.